The molecule has 1 atom stereocenters. The predicted molar refractivity (Wildman–Crippen MR) is 117 cm³/mol. The van der Waals surface area contributed by atoms with Gasteiger partial charge in [0.1, 0.15) is 6.04 Å². The fourth-order valence-corrected chi connectivity index (χ4v) is 4.99. The molecule has 1 N–H and O–H groups in total. The monoisotopic (exact) mass is 474 g/mol. The number of hydrogen-bond acceptors (Lipinski definition) is 5. The number of nitriles is 1. The van der Waals surface area contributed by atoms with Gasteiger partial charge in [-0.1, -0.05) is 0 Å². The van der Waals surface area contributed by atoms with Crippen LogP contribution in [0.4, 0.5) is 18.9 Å². The Balaban J connectivity index is 1.61. The highest BCUT2D eigenvalue weighted by Gasteiger charge is 2.49. The Bertz CT molecular complexity index is 1110. The maximum absolute atomic E-state index is 13.6. The number of alkyl halides is 3. The number of nitrogens with one attached hydrogen (secondary N) is 1. The SMILES string of the molecule is CN(C)C(=O)C1CC2(CCN(C(=O)c3cn[nH]c3)CC2)CN1c1ccc(C#N)c(C(F)(F)F)c1. The Morgan fingerprint density at radius 1 is 1.26 bits per heavy atom. The molecule has 34 heavy (non-hydrogen) atoms. The number of carbonyl (C=O) groups excluding carboxylic acids is 2. The number of amides is 2. The number of nitrogens with zero attached hydrogens (tertiary/aromatic N) is 5. The van der Waals surface area contributed by atoms with E-state index in [1.54, 1.807) is 36.2 Å². The lowest BCUT2D eigenvalue weighted by Crippen LogP contribution is -2.44. The van der Waals surface area contributed by atoms with Crippen molar-refractivity contribution >= 4 is 17.5 Å². The number of likely N-dealkylation sites (N-methyl/N-ethyl adjacent to an activating group) is 1. The standard InChI is InChI=1S/C23H25F3N6O2/c1-30(2)21(34)19-10-22(5-7-31(8-6-22)20(33)16-12-28-29-13-16)14-32(19)17-4-3-15(11-27)18(9-17)23(24,25)26/h3-4,9,12-13,19H,5-8,10,14H2,1-2H3,(H,28,29). The molecule has 2 saturated heterocycles. The van der Waals surface area contributed by atoms with Crippen LogP contribution in [0.1, 0.15) is 40.7 Å². The Morgan fingerprint density at radius 3 is 2.53 bits per heavy atom. The fourth-order valence-electron chi connectivity index (χ4n) is 4.99. The van der Waals surface area contributed by atoms with Crippen molar-refractivity contribution in [3.8, 4) is 6.07 Å². The molecule has 1 aromatic carbocycles. The van der Waals surface area contributed by atoms with Crippen LogP contribution < -0.4 is 4.90 Å². The molecular weight excluding hydrogens is 449 g/mol. The number of anilines is 1. The van der Waals surface area contributed by atoms with E-state index < -0.39 is 23.3 Å². The number of aromatic amines is 1. The van der Waals surface area contributed by atoms with Gasteiger partial charge in [0.05, 0.1) is 29.0 Å². The highest BCUT2D eigenvalue weighted by molar-refractivity contribution is 5.93. The molecule has 3 heterocycles. The Hall–Kier alpha value is -3.55. The van der Waals surface area contributed by atoms with Crippen molar-refractivity contribution in [3.63, 3.8) is 0 Å². The van der Waals surface area contributed by atoms with Crippen molar-refractivity contribution < 1.29 is 22.8 Å². The molecule has 0 aliphatic carbocycles. The van der Waals surface area contributed by atoms with Crippen LogP contribution in [0.25, 0.3) is 0 Å². The van der Waals surface area contributed by atoms with Gasteiger partial charge in [0.15, 0.2) is 0 Å². The van der Waals surface area contributed by atoms with E-state index in [2.05, 4.69) is 10.2 Å². The molecule has 2 aliphatic rings. The van der Waals surface area contributed by atoms with Crippen LogP contribution in [-0.2, 0) is 11.0 Å². The summed E-state index contributed by atoms with van der Waals surface area (Å²) in [6.07, 6.45) is 0.0781. The zero-order valence-electron chi connectivity index (χ0n) is 18.9. The van der Waals surface area contributed by atoms with E-state index in [4.69, 9.17) is 5.26 Å². The fraction of sp³-hybridized carbons (Fsp3) is 0.478. The molecule has 8 nitrogen and oxygen atoms in total. The average molecular weight is 474 g/mol. The molecule has 2 aromatic rings. The van der Waals surface area contributed by atoms with Gasteiger partial charge in [-0.25, -0.2) is 0 Å². The van der Waals surface area contributed by atoms with Gasteiger partial charge in [0.25, 0.3) is 5.91 Å². The van der Waals surface area contributed by atoms with Gasteiger partial charge in [0, 0.05) is 45.6 Å². The van der Waals surface area contributed by atoms with E-state index >= 15 is 0 Å². The van der Waals surface area contributed by atoms with Crippen LogP contribution >= 0.6 is 0 Å². The molecule has 1 unspecified atom stereocenters. The summed E-state index contributed by atoms with van der Waals surface area (Å²) in [7, 11) is 3.25. The second-order valence-electron chi connectivity index (χ2n) is 9.20. The van der Waals surface area contributed by atoms with E-state index in [1.807, 2.05) is 0 Å². The van der Waals surface area contributed by atoms with Crippen molar-refractivity contribution in [1.29, 1.82) is 5.26 Å². The molecule has 1 spiro atoms. The third kappa shape index (κ3) is 4.32. The second-order valence-corrected chi connectivity index (χ2v) is 9.20. The van der Waals surface area contributed by atoms with Crippen LogP contribution in [0.3, 0.4) is 0 Å². The minimum absolute atomic E-state index is 0.124. The zero-order valence-corrected chi connectivity index (χ0v) is 18.9. The topological polar surface area (TPSA) is 96.3 Å². The lowest BCUT2D eigenvalue weighted by molar-refractivity contribution is -0.137. The number of halogens is 3. The maximum Gasteiger partial charge on any atom is 0.417 e. The molecule has 2 fully saturated rings. The molecule has 0 radical (unpaired) electrons. The number of benzene rings is 1. The van der Waals surface area contributed by atoms with E-state index in [0.717, 1.165) is 12.1 Å². The predicted octanol–water partition coefficient (Wildman–Crippen LogP) is 2.89. The Labute approximate surface area is 194 Å². The van der Waals surface area contributed by atoms with Crippen molar-refractivity contribution in [2.75, 3.05) is 38.6 Å². The highest BCUT2D eigenvalue weighted by Crippen LogP contribution is 2.46. The van der Waals surface area contributed by atoms with Crippen LogP contribution in [0.5, 0.6) is 0 Å². The summed E-state index contributed by atoms with van der Waals surface area (Å²) in [6.45, 7) is 1.37. The van der Waals surface area contributed by atoms with Gasteiger partial charge in [-0.3, -0.25) is 14.7 Å². The quantitative estimate of drug-likeness (QED) is 0.738. The summed E-state index contributed by atoms with van der Waals surface area (Å²) in [5.74, 6) is -0.312. The van der Waals surface area contributed by atoms with Gasteiger partial charge in [-0.15, -0.1) is 0 Å². The van der Waals surface area contributed by atoms with Gasteiger partial charge in [-0.05, 0) is 42.9 Å². The van der Waals surface area contributed by atoms with Crippen LogP contribution in [-0.4, -0.2) is 71.6 Å². The van der Waals surface area contributed by atoms with Crippen LogP contribution in [0, 0.1) is 16.7 Å². The summed E-state index contributed by atoms with van der Waals surface area (Å²) < 4.78 is 40.7. The average Bonchev–Trinajstić information content (AvgIpc) is 3.46. The van der Waals surface area contributed by atoms with Crippen molar-refractivity contribution in [2.45, 2.75) is 31.5 Å². The minimum atomic E-state index is -4.68. The van der Waals surface area contributed by atoms with Gasteiger partial charge in [0.2, 0.25) is 5.91 Å². The lowest BCUT2D eigenvalue weighted by Gasteiger charge is -2.39. The number of hydrogen-bond donors (Lipinski definition) is 1. The second kappa shape index (κ2) is 8.66. The van der Waals surface area contributed by atoms with Gasteiger partial charge in [-0.2, -0.15) is 23.5 Å². The molecule has 0 saturated carbocycles. The summed E-state index contributed by atoms with van der Waals surface area (Å²) >= 11 is 0. The zero-order chi connectivity index (χ0) is 24.7. The molecule has 2 aliphatic heterocycles. The number of carbonyl (C=O) groups is 2. The van der Waals surface area contributed by atoms with E-state index in [0.29, 0.717) is 44.5 Å². The third-order valence-electron chi connectivity index (χ3n) is 6.85. The van der Waals surface area contributed by atoms with Crippen molar-refractivity contribution in [2.24, 2.45) is 5.41 Å². The summed E-state index contributed by atoms with van der Waals surface area (Å²) in [6, 6.07) is 4.57. The highest BCUT2D eigenvalue weighted by atomic mass is 19.4. The van der Waals surface area contributed by atoms with E-state index in [9.17, 15) is 22.8 Å². The smallest absolute Gasteiger partial charge is 0.359 e. The molecule has 0 bridgehead atoms. The first kappa shape index (κ1) is 23.6. The first-order valence-electron chi connectivity index (χ1n) is 10.9. The number of rotatable bonds is 3. The molecule has 11 heteroatoms. The van der Waals surface area contributed by atoms with E-state index in [-0.39, 0.29) is 22.9 Å². The largest absolute Gasteiger partial charge is 0.417 e. The number of piperidine rings is 1. The van der Waals surface area contributed by atoms with Crippen LogP contribution in [0.2, 0.25) is 0 Å². The maximum atomic E-state index is 13.6. The van der Waals surface area contributed by atoms with Crippen LogP contribution in [0.15, 0.2) is 30.6 Å². The Morgan fingerprint density at radius 2 is 1.97 bits per heavy atom. The number of likely N-dealkylation sites (tertiary alicyclic amines) is 1. The van der Waals surface area contributed by atoms with E-state index in [1.165, 1.54) is 17.2 Å². The number of H-pyrrole nitrogens is 1. The first-order valence-corrected chi connectivity index (χ1v) is 10.9. The molecule has 4 rings (SSSR count). The molecule has 2 amide bonds. The molecule has 1 aromatic heterocycles. The third-order valence-corrected chi connectivity index (χ3v) is 6.85. The van der Waals surface area contributed by atoms with Gasteiger partial charge < -0.3 is 14.7 Å². The van der Waals surface area contributed by atoms with Crippen molar-refractivity contribution in [3.05, 3.63) is 47.3 Å². The first-order chi connectivity index (χ1) is 16.0. The summed E-state index contributed by atoms with van der Waals surface area (Å²) in [5, 5.41) is 15.6. The summed E-state index contributed by atoms with van der Waals surface area (Å²) in [5.41, 5.74) is -1.03. The minimum Gasteiger partial charge on any atom is -0.359 e. The van der Waals surface area contributed by atoms with Gasteiger partial charge >= 0.3 is 6.18 Å². The Kier molecular flexibility index (Phi) is 6.02. The normalized spacial score (nSPS) is 19.8. The van der Waals surface area contributed by atoms with Crippen molar-refractivity contribution in [1.82, 2.24) is 20.0 Å². The molecular formula is C23H25F3N6O2. The number of aromatic nitrogens is 2. The lowest BCUT2D eigenvalue weighted by atomic mass is 9.76. The summed E-state index contributed by atoms with van der Waals surface area (Å²) in [4.78, 5) is 30.6. The molecule has 180 valence electrons.